The van der Waals surface area contributed by atoms with Crippen LogP contribution in [0, 0.1) is 0 Å². The Labute approximate surface area is 102 Å². The summed E-state index contributed by atoms with van der Waals surface area (Å²) in [7, 11) is 0. The van der Waals surface area contributed by atoms with Gasteiger partial charge in [-0.2, -0.15) is 11.0 Å². The van der Waals surface area contributed by atoms with E-state index in [0.29, 0.717) is 6.42 Å². The van der Waals surface area contributed by atoms with Gasteiger partial charge in [-0.15, -0.1) is 0 Å². The van der Waals surface area contributed by atoms with Gasteiger partial charge in [0.1, 0.15) is 0 Å². The van der Waals surface area contributed by atoms with Crippen LogP contribution in [0.1, 0.15) is 12.8 Å². The van der Waals surface area contributed by atoms with Crippen molar-refractivity contribution in [2.45, 2.75) is 18.9 Å². The summed E-state index contributed by atoms with van der Waals surface area (Å²) in [5.74, 6) is 18.7. The van der Waals surface area contributed by atoms with E-state index >= 15 is 0 Å². The number of hydrogen-bond acceptors (Lipinski definition) is 8. The lowest BCUT2D eigenvalue weighted by atomic mass is 10.1. The maximum Gasteiger partial charge on any atom is 0.377 e. The summed E-state index contributed by atoms with van der Waals surface area (Å²) >= 11 is 0. The van der Waals surface area contributed by atoms with Crippen molar-refractivity contribution in [2.75, 3.05) is 6.54 Å². The summed E-state index contributed by atoms with van der Waals surface area (Å²) in [6, 6.07) is -1.75. The first kappa shape index (κ1) is 15.7. The summed E-state index contributed by atoms with van der Waals surface area (Å²) in [5, 5.41) is 13.0. The van der Waals surface area contributed by atoms with Crippen LogP contribution in [0.5, 0.6) is 0 Å². The quantitative estimate of drug-likeness (QED) is 0.192. The molecule has 0 saturated carbocycles. The van der Waals surface area contributed by atoms with Gasteiger partial charge in [0.25, 0.3) is 0 Å². The number of hydrazine groups is 1. The van der Waals surface area contributed by atoms with E-state index in [1.165, 1.54) is 0 Å². The molecule has 0 aliphatic carbocycles. The SMILES string of the molecule is NN=NC(=O)N(N)CCC[C@H](N=NN)C(=O)ON. The fourth-order valence-corrected chi connectivity index (χ4v) is 1.04. The highest BCUT2D eigenvalue weighted by Gasteiger charge is 2.19. The number of carbonyl (C=O) groups is 2. The molecule has 1 atom stereocenters. The molecule has 0 fully saturated rings. The summed E-state index contributed by atoms with van der Waals surface area (Å²) in [6.45, 7) is 0.103. The van der Waals surface area contributed by atoms with Gasteiger partial charge < -0.3 is 16.5 Å². The van der Waals surface area contributed by atoms with E-state index in [1.54, 1.807) is 0 Å². The molecule has 0 aromatic rings. The monoisotopic (exact) mass is 261 g/mol. The largest absolute Gasteiger partial charge is 0.377 e. The van der Waals surface area contributed by atoms with E-state index in [1.807, 2.05) is 0 Å². The van der Waals surface area contributed by atoms with Crippen LogP contribution >= 0.6 is 0 Å². The third kappa shape index (κ3) is 5.66. The van der Waals surface area contributed by atoms with Gasteiger partial charge in [0.05, 0.1) is 0 Å². The van der Waals surface area contributed by atoms with E-state index in [-0.39, 0.29) is 13.0 Å². The molecular formula is C6H15N9O3. The third-order valence-corrected chi connectivity index (χ3v) is 1.86. The normalized spacial score (nSPS) is 12.8. The van der Waals surface area contributed by atoms with Crippen LogP contribution in [0.15, 0.2) is 20.7 Å². The molecule has 8 N–H and O–H groups in total. The van der Waals surface area contributed by atoms with Gasteiger partial charge >= 0.3 is 12.0 Å². The fourth-order valence-electron chi connectivity index (χ4n) is 1.04. The van der Waals surface area contributed by atoms with Crippen molar-refractivity contribution in [1.29, 1.82) is 0 Å². The summed E-state index contributed by atoms with van der Waals surface area (Å²) in [5.41, 5.74) is 0. The van der Waals surface area contributed by atoms with E-state index in [0.717, 1.165) is 5.01 Å². The number of carbonyl (C=O) groups excluding carboxylic acids is 2. The molecule has 0 heterocycles. The Balaban J connectivity index is 4.14. The number of nitrogens with two attached hydrogens (primary N) is 4. The number of amides is 2. The lowest BCUT2D eigenvalue weighted by Crippen LogP contribution is -2.36. The first-order valence-corrected chi connectivity index (χ1v) is 4.74. The van der Waals surface area contributed by atoms with Crippen LogP contribution in [0.3, 0.4) is 0 Å². The van der Waals surface area contributed by atoms with Crippen molar-refractivity contribution in [3.63, 3.8) is 0 Å². The second-order valence-corrected chi connectivity index (χ2v) is 3.02. The Morgan fingerprint density at radius 3 is 2.44 bits per heavy atom. The maximum absolute atomic E-state index is 11.1. The molecule has 0 aliphatic heterocycles. The lowest BCUT2D eigenvalue weighted by molar-refractivity contribution is -0.146. The third-order valence-electron chi connectivity index (χ3n) is 1.86. The minimum Gasteiger partial charge on any atom is -0.372 e. The Morgan fingerprint density at radius 1 is 1.28 bits per heavy atom. The molecule has 18 heavy (non-hydrogen) atoms. The maximum atomic E-state index is 11.1. The molecule has 0 spiro atoms. The Kier molecular flexibility index (Phi) is 7.63. The number of rotatable bonds is 6. The zero-order valence-corrected chi connectivity index (χ0v) is 9.47. The van der Waals surface area contributed by atoms with Crippen LogP contribution in [-0.4, -0.2) is 29.6 Å². The zero-order valence-electron chi connectivity index (χ0n) is 9.47. The minimum absolute atomic E-state index is 0.103. The predicted molar refractivity (Wildman–Crippen MR) is 57.7 cm³/mol. The smallest absolute Gasteiger partial charge is 0.372 e. The van der Waals surface area contributed by atoms with Crippen molar-refractivity contribution in [1.82, 2.24) is 5.01 Å². The van der Waals surface area contributed by atoms with E-state index in [2.05, 4.69) is 31.4 Å². The molecule has 2 amide bonds. The van der Waals surface area contributed by atoms with Gasteiger partial charge in [-0.1, -0.05) is 15.6 Å². The minimum atomic E-state index is -0.945. The average molecular weight is 261 g/mol. The van der Waals surface area contributed by atoms with Crippen molar-refractivity contribution >= 4 is 12.0 Å². The summed E-state index contributed by atoms with van der Waals surface area (Å²) in [6.07, 6.45) is 0.512. The van der Waals surface area contributed by atoms with E-state index < -0.39 is 18.0 Å². The van der Waals surface area contributed by atoms with Crippen molar-refractivity contribution in [2.24, 2.45) is 44.1 Å². The molecule has 0 aromatic heterocycles. The van der Waals surface area contributed by atoms with E-state index in [4.69, 9.17) is 17.6 Å². The number of hydrogen-bond donors (Lipinski definition) is 4. The van der Waals surface area contributed by atoms with Crippen molar-refractivity contribution < 1.29 is 14.4 Å². The molecule has 0 bridgehead atoms. The molecule has 0 rings (SSSR count). The first-order chi connectivity index (χ1) is 8.56. The Morgan fingerprint density at radius 2 is 1.94 bits per heavy atom. The molecule has 12 heteroatoms. The highest BCUT2D eigenvalue weighted by atomic mass is 16.7. The topological polar surface area (TPSA) is 200 Å². The van der Waals surface area contributed by atoms with Crippen molar-refractivity contribution in [3.05, 3.63) is 0 Å². The fraction of sp³-hybridized carbons (Fsp3) is 0.667. The van der Waals surface area contributed by atoms with Crippen LogP contribution in [0.2, 0.25) is 0 Å². The van der Waals surface area contributed by atoms with Gasteiger partial charge in [0, 0.05) is 6.54 Å². The molecule has 102 valence electrons. The van der Waals surface area contributed by atoms with Gasteiger partial charge in [-0.05, 0) is 12.8 Å². The van der Waals surface area contributed by atoms with Gasteiger partial charge in [0.15, 0.2) is 6.04 Å². The van der Waals surface area contributed by atoms with Crippen molar-refractivity contribution in [3.8, 4) is 0 Å². The highest BCUT2D eigenvalue weighted by molar-refractivity contribution is 5.75. The van der Waals surface area contributed by atoms with Crippen LogP contribution in [0.4, 0.5) is 4.79 Å². The Hall–Kier alpha value is -2.34. The van der Waals surface area contributed by atoms with Gasteiger partial charge in [0.2, 0.25) is 0 Å². The number of urea groups is 1. The number of nitrogens with zero attached hydrogens (tertiary/aromatic N) is 5. The molecule has 0 aromatic carbocycles. The average Bonchev–Trinajstić information content (AvgIpc) is 2.36. The lowest BCUT2D eigenvalue weighted by Gasteiger charge is -2.13. The zero-order chi connectivity index (χ0) is 14.0. The second kappa shape index (κ2) is 8.77. The second-order valence-electron chi connectivity index (χ2n) is 3.02. The van der Waals surface area contributed by atoms with Crippen LogP contribution < -0.4 is 23.4 Å². The first-order valence-electron chi connectivity index (χ1n) is 4.74. The van der Waals surface area contributed by atoms with Crippen LogP contribution in [0.25, 0.3) is 0 Å². The van der Waals surface area contributed by atoms with Crippen LogP contribution in [-0.2, 0) is 9.63 Å². The van der Waals surface area contributed by atoms with Gasteiger partial charge in [-0.25, -0.2) is 15.4 Å². The predicted octanol–water partition coefficient (Wildman–Crippen LogP) is -1.50. The molecule has 0 saturated heterocycles. The standard InChI is InChI=1S/C6H15N9O3/c7-13-11-4(5(16)18-10)2-1-3-15(9)6(17)12-14-8/h4H,1-3,9-10H2,(H2,7,11)(H2,8,12,17)/t4-/m0/s1. The molecular weight excluding hydrogens is 246 g/mol. The molecule has 0 radical (unpaired) electrons. The molecule has 0 unspecified atom stereocenters. The molecule has 12 nitrogen and oxygen atoms in total. The summed E-state index contributed by atoms with van der Waals surface area (Å²) in [4.78, 5) is 26.1. The highest BCUT2D eigenvalue weighted by Crippen LogP contribution is 2.05. The van der Waals surface area contributed by atoms with E-state index in [9.17, 15) is 9.59 Å². The summed E-state index contributed by atoms with van der Waals surface area (Å²) < 4.78 is 0. The Bertz CT molecular complexity index is 330. The van der Waals surface area contributed by atoms with Gasteiger partial charge in [-0.3, -0.25) is 5.01 Å². The molecule has 0 aliphatic rings.